The molecule has 7 nitrogen and oxygen atoms in total. The number of hydrogen-bond acceptors (Lipinski definition) is 5. The summed E-state index contributed by atoms with van der Waals surface area (Å²) < 4.78 is 29.5. The Morgan fingerprint density at radius 2 is 1.80 bits per heavy atom. The van der Waals surface area contributed by atoms with Crippen LogP contribution in [-0.4, -0.2) is 28.6 Å². The first-order chi connectivity index (χ1) is 11.8. The highest BCUT2D eigenvalue weighted by atomic mass is 35.5. The maximum atomic E-state index is 12.8. The minimum absolute atomic E-state index is 0.0243. The van der Waals surface area contributed by atoms with E-state index in [1.54, 1.807) is 44.2 Å². The second-order valence-corrected chi connectivity index (χ2v) is 7.75. The molecule has 0 fully saturated rings. The number of rotatable bonds is 4. The predicted molar refractivity (Wildman–Crippen MR) is 95.9 cm³/mol. The third kappa shape index (κ3) is 3.46. The molecule has 1 N–H and O–H groups in total. The quantitative estimate of drug-likeness (QED) is 0.728. The van der Waals surface area contributed by atoms with Crippen molar-refractivity contribution in [3.8, 4) is 5.69 Å². The van der Waals surface area contributed by atoms with E-state index in [4.69, 9.17) is 23.2 Å². The Morgan fingerprint density at radius 3 is 2.40 bits per heavy atom. The van der Waals surface area contributed by atoms with Crippen molar-refractivity contribution in [3.05, 3.63) is 57.8 Å². The van der Waals surface area contributed by atoms with Gasteiger partial charge in [-0.3, -0.25) is 4.72 Å². The van der Waals surface area contributed by atoms with Crippen LogP contribution in [0.1, 0.15) is 11.1 Å². The lowest BCUT2D eigenvalue weighted by Crippen LogP contribution is -2.15. The third-order valence-electron chi connectivity index (χ3n) is 3.59. The van der Waals surface area contributed by atoms with Gasteiger partial charge >= 0.3 is 0 Å². The molecule has 3 aromatic rings. The summed E-state index contributed by atoms with van der Waals surface area (Å²) in [4.78, 5) is -0.0243. The van der Waals surface area contributed by atoms with Crippen LogP contribution in [0.3, 0.4) is 0 Å². The van der Waals surface area contributed by atoms with Crippen LogP contribution in [0.5, 0.6) is 0 Å². The molecule has 0 aliphatic heterocycles. The van der Waals surface area contributed by atoms with E-state index in [0.717, 1.165) is 0 Å². The Morgan fingerprint density at radius 1 is 1.12 bits per heavy atom. The van der Waals surface area contributed by atoms with Crippen molar-refractivity contribution in [2.24, 2.45) is 0 Å². The number of nitrogens with one attached hydrogen (secondary N) is 1. The number of benzene rings is 2. The van der Waals surface area contributed by atoms with Gasteiger partial charge in [0, 0.05) is 10.7 Å². The predicted octanol–water partition coefficient (Wildman–Crippen LogP) is 3.39. The zero-order valence-electron chi connectivity index (χ0n) is 13.2. The van der Waals surface area contributed by atoms with Crippen molar-refractivity contribution in [2.45, 2.75) is 18.7 Å². The molecule has 3 rings (SSSR count). The summed E-state index contributed by atoms with van der Waals surface area (Å²) in [7, 11) is -3.90. The number of tetrazole rings is 1. The highest BCUT2D eigenvalue weighted by molar-refractivity contribution is 7.93. The van der Waals surface area contributed by atoms with Crippen molar-refractivity contribution in [2.75, 3.05) is 4.72 Å². The normalized spacial score (nSPS) is 11.5. The Labute approximate surface area is 154 Å². The first-order valence-corrected chi connectivity index (χ1v) is 9.35. The molecule has 1 heterocycles. The molecule has 130 valence electrons. The molecule has 0 aliphatic rings. The van der Waals surface area contributed by atoms with Gasteiger partial charge in [0.1, 0.15) is 11.2 Å². The Hall–Kier alpha value is -2.16. The highest BCUT2D eigenvalue weighted by Gasteiger charge is 2.24. The summed E-state index contributed by atoms with van der Waals surface area (Å²) in [6.07, 6.45) is 1.44. The minimum atomic E-state index is -3.90. The Kier molecular flexibility index (Phi) is 4.68. The van der Waals surface area contributed by atoms with Gasteiger partial charge in [-0.1, -0.05) is 23.2 Å². The second kappa shape index (κ2) is 6.62. The van der Waals surface area contributed by atoms with Gasteiger partial charge in [0.2, 0.25) is 0 Å². The molecule has 0 spiro atoms. The summed E-state index contributed by atoms with van der Waals surface area (Å²) in [5.74, 6) is 0. The maximum Gasteiger partial charge on any atom is 0.263 e. The Bertz CT molecular complexity index is 993. The van der Waals surface area contributed by atoms with Crippen molar-refractivity contribution in [3.63, 3.8) is 0 Å². The topological polar surface area (TPSA) is 89.8 Å². The largest absolute Gasteiger partial charge is 0.280 e. The van der Waals surface area contributed by atoms with Gasteiger partial charge in [0.05, 0.1) is 10.7 Å². The minimum Gasteiger partial charge on any atom is -0.280 e. The van der Waals surface area contributed by atoms with Crippen molar-refractivity contribution in [1.82, 2.24) is 20.2 Å². The number of aryl methyl sites for hydroxylation is 1. The summed E-state index contributed by atoms with van der Waals surface area (Å²) in [5, 5.41) is 11.4. The summed E-state index contributed by atoms with van der Waals surface area (Å²) in [5.41, 5.74) is 2.06. The fourth-order valence-corrected chi connectivity index (χ4v) is 4.57. The van der Waals surface area contributed by atoms with E-state index in [2.05, 4.69) is 20.2 Å². The van der Waals surface area contributed by atoms with Gasteiger partial charge in [0.15, 0.2) is 0 Å². The molecule has 1 aromatic heterocycles. The molecule has 2 aromatic carbocycles. The van der Waals surface area contributed by atoms with Gasteiger partial charge in [-0.15, -0.1) is 5.10 Å². The standard InChI is InChI=1S/C15H13Cl2N5O2S/c1-9-7-13(16)10(2)15(14(9)17)25(23,24)19-11-3-5-12(6-4-11)22-8-18-20-21-22/h3-8,19H,1-2H3. The molecule has 0 saturated carbocycles. The molecule has 0 saturated heterocycles. The fourth-order valence-electron chi connectivity index (χ4n) is 2.30. The molecule has 10 heteroatoms. The van der Waals surface area contributed by atoms with Gasteiger partial charge in [0.25, 0.3) is 10.0 Å². The number of nitrogens with zero attached hydrogens (tertiary/aromatic N) is 4. The van der Waals surface area contributed by atoms with Crippen LogP contribution in [0.4, 0.5) is 5.69 Å². The van der Waals surface area contributed by atoms with Gasteiger partial charge in [-0.25, -0.2) is 13.1 Å². The zero-order valence-corrected chi connectivity index (χ0v) is 15.6. The molecule has 0 unspecified atom stereocenters. The fraction of sp³-hybridized carbons (Fsp3) is 0.133. The summed E-state index contributed by atoms with van der Waals surface area (Å²) >= 11 is 12.3. The first kappa shape index (κ1) is 17.7. The van der Waals surface area contributed by atoms with Crippen LogP contribution in [0.15, 0.2) is 41.6 Å². The van der Waals surface area contributed by atoms with Crippen molar-refractivity contribution < 1.29 is 8.42 Å². The molecular formula is C15H13Cl2N5O2S. The maximum absolute atomic E-state index is 12.8. The third-order valence-corrected chi connectivity index (χ3v) is 6.13. The summed E-state index contributed by atoms with van der Waals surface area (Å²) in [6.45, 7) is 3.32. The van der Waals surface area contributed by atoms with E-state index < -0.39 is 10.0 Å². The molecular weight excluding hydrogens is 385 g/mol. The molecule has 0 atom stereocenters. The zero-order chi connectivity index (χ0) is 18.2. The average molecular weight is 398 g/mol. The van der Waals surface area contributed by atoms with Crippen LogP contribution in [0.25, 0.3) is 5.69 Å². The van der Waals surface area contributed by atoms with Crippen molar-refractivity contribution >= 4 is 38.9 Å². The smallest absolute Gasteiger partial charge is 0.263 e. The van der Waals surface area contributed by atoms with E-state index in [1.807, 2.05) is 0 Å². The SMILES string of the molecule is Cc1cc(Cl)c(C)c(S(=O)(=O)Nc2ccc(-n3cnnn3)cc2)c1Cl. The number of sulfonamides is 1. The van der Waals surface area contributed by atoms with E-state index >= 15 is 0 Å². The lowest BCUT2D eigenvalue weighted by atomic mass is 10.2. The molecule has 0 bridgehead atoms. The molecule has 0 amide bonds. The second-order valence-electron chi connectivity index (χ2n) is 5.35. The van der Waals surface area contributed by atoms with Crippen LogP contribution < -0.4 is 4.72 Å². The number of aromatic nitrogens is 4. The average Bonchev–Trinajstić information content (AvgIpc) is 3.08. The number of hydrogen-bond donors (Lipinski definition) is 1. The van der Waals surface area contributed by atoms with E-state index in [-0.39, 0.29) is 9.92 Å². The Balaban J connectivity index is 1.95. The summed E-state index contributed by atoms with van der Waals surface area (Å²) in [6, 6.07) is 8.22. The lowest BCUT2D eigenvalue weighted by Gasteiger charge is -2.15. The molecule has 25 heavy (non-hydrogen) atoms. The monoisotopic (exact) mass is 397 g/mol. The van der Waals surface area contributed by atoms with Gasteiger partial charge in [-0.2, -0.15) is 0 Å². The molecule has 0 radical (unpaired) electrons. The van der Waals surface area contributed by atoms with E-state index in [9.17, 15) is 8.42 Å². The number of halogens is 2. The van der Waals surface area contributed by atoms with E-state index in [1.165, 1.54) is 11.0 Å². The lowest BCUT2D eigenvalue weighted by molar-refractivity contribution is 0.600. The van der Waals surface area contributed by atoms with Gasteiger partial charge < -0.3 is 0 Å². The number of anilines is 1. The van der Waals surface area contributed by atoms with Crippen LogP contribution >= 0.6 is 23.2 Å². The molecule has 0 aliphatic carbocycles. The van der Waals surface area contributed by atoms with Crippen LogP contribution in [0.2, 0.25) is 10.0 Å². The van der Waals surface area contributed by atoms with Gasteiger partial charge in [-0.05, 0) is 65.7 Å². The van der Waals surface area contributed by atoms with Crippen molar-refractivity contribution in [1.29, 1.82) is 0 Å². The first-order valence-electron chi connectivity index (χ1n) is 7.11. The van der Waals surface area contributed by atoms with Crippen LogP contribution in [0, 0.1) is 13.8 Å². The van der Waals surface area contributed by atoms with E-state index in [0.29, 0.717) is 27.5 Å². The van der Waals surface area contributed by atoms with Crippen LogP contribution in [-0.2, 0) is 10.0 Å². The highest BCUT2D eigenvalue weighted by Crippen LogP contribution is 2.34.